The molecule has 0 N–H and O–H groups in total. The summed E-state index contributed by atoms with van der Waals surface area (Å²) in [5.41, 5.74) is 0.679. The molecule has 0 atom stereocenters. The molecule has 0 nitrogen and oxygen atoms in total. The number of unbranched alkanes of at least 4 members (excludes halogenated alkanes) is 19. The maximum atomic E-state index is 5.77. The Labute approximate surface area is 216 Å². The molecule has 0 rings (SSSR count). The minimum atomic E-state index is 0.679. The van der Waals surface area contributed by atoms with Crippen LogP contribution in [0.1, 0.15) is 194 Å². The Morgan fingerprint density at radius 2 is 0.576 bits per heavy atom. The second-order valence-electron chi connectivity index (χ2n) is 11.3. The van der Waals surface area contributed by atoms with Gasteiger partial charge in [-0.05, 0) is 37.5 Å². The molecule has 0 fully saturated rings. The van der Waals surface area contributed by atoms with E-state index in [9.17, 15) is 0 Å². The first-order valence-electron chi connectivity index (χ1n) is 15.8. The third-order valence-electron chi connectivity index (χ3n) is 8.02. The zero-order valence-electron chi connectivity index (χ0n) is 23.7. The summed E-state index contributed by atoms with van der Waals surface area (Å²) in [5.74, 6) is 0.845. The van der Waals surface area contributed by atoms with Crippen LogP contribution in [0.15, 0.2) is 0 Å². The quantitative estimate of drug-likeness (QED) is 0.0764. The molecular formula is C32H65Cl. The summed E-state index contributed by atoms with van der Waals surface area (Å²) < 4.78 is 0. The van der Waals surface area contributed by atoms with E-state index in [-0.39, 0.29) is 0 Å². The highest BCUT2D eigenvalue weighted by atomic mass is 35.5. The van der Waals surface area contributed by atoms with Gasteiger partial charge in [0, 0.05) is 5.88 Å². The summed E-state index contributed by atoms with van der Waals surface area (Å²) >= 11 is 5.77. The van der Waals surface area contributed by atoms with Crippen LogP contribution in [0, 0.1) is 5.41 Å². The molecule has 0 aromatic rings. The van der Waals surface area contributed by atoms with Crippen molar-refractivity contribution in [1.82, 2.24) is 0 Å². The van der Waals surface area contributed by atoms with Crippen molar-refractivity contribution in [3.8, 4) is 0 Å². The van der Waals surface area contributed by atoms with Gasteiger partial charge in [-0.25, -0.2) is 0 Å². The molecule has 0 spiro atoms. The molecule has 0 amide bonds. The Morgan fingerprint density at radius 1 is 0.333 bits per heavy atom. The summed E-state index contributed by atoms with van der Waals surface area (Å²) in [7, 11) is 0. The summed E-state index contributed by atoms with van der Waals surface area (Å²) in [5, 5.41) is 0. The van der Waals surface area contributed by atoms with E-state index in [1.54, 1.807) is 0 Å². The standard InChI is InChI=1S/C32H65Cl/c1-4-7-10-22-27-32(28-23-11-8-5-2,29-24-12-9-6-3)30-25-20-18-16-14-13-15-17-19-21-26-31-33/h4-31H2,1-3H3. The predicted molar refractivity (Wildman–Crippen MR) is 155 cm³/mol. The molecule has 0 aliphatic heterocycles. The second-order valence-corrected chi connectivity index (χ2v) is 11.6. The van der Waals surface area contributed by atoms with Crippen LogP contribution in [0.4, 0.5) is 0 Å². The zero-order chi connectivity index (χ0) is 24.3. The van der Waals surface area contributed by atoms with E-state index < -0.39 is 0 Å². The Morgan fingerprint density at radius 3 is 0.848 bits per heavy atom. The zero-order valence-corrected chi connectivity index (χ0v) is 24.4. The molecule has 0 saturated heterocycles. The van der Waals surface area contributed by atoms with Crippen LogP contribution < -0.4 is 0 Å². The van der Waals surface area contributed by atoms with Gasteiger partial charge < -0.3 is 0 Å². The fourth-order valence-electron chi connectivity index (χ4n) is 5.72. The lowest BCUT2D eigenvalue weighted by atomic mass is 9.70. The van der Waals surface area contributed by atoms with Crippen LogP contribution in [0.25, 0.3) is 0 Å². The van der Waals surface area contributed by atoms with Crippen LogP contribution in [-0.2, 0) is 0 Å². The third kappa shape index (κ3) is 22.5. The van der Waals surface area contributed by atoms with Crippen molar-refractivity contribution in [2.24, 2.45) is 5.41 Å². The SMILES string of the molecule is CCCCCCC(CCCCCC)(CCCCCC)CCCCCCCCCCCCCCl. The monoisotopic (exact) mass is 484 g/mol. The van der Waals surface area contributed by atoms with Gasteiger partial charge in [0.05, 0.1) is 0 Å². The van der Waals surface area contributed by atoms with Crippen molar-refractivity contribution < 1.29 is 0 Å². The van der Waals surface area contributed by atoms with Gasteiger partial charge >= 0.3 is 0 Å². The first-order chi connectivity index (χ1) is 16.2. The van der Waals surface area contributed by atoms with Gasteiger partial charge in [-0.15, -0.1) is 11.6 Å². The van der Waals surface area contributed by atoms with Crippen molar-refractivity contribution in [3.05, 3.63) is 0 Å². The van der Waals surface area contributed by atoms with Crippen LogP contribution >= 0.6 is 11.6 Å². The molecule has 0 aliphatic carbocycles. The molecule has 200 valence electrons. The number of alkyl halides is 1. The lowest BCUT2D eigenvalue weighted by Crippen LogP contribution is -2.21. The highest BCUT2D eigenvalue weighted by Crippen LogP contribution is 2.42. The Bertz CT molecular complexity index is 319. The highest BCUT2D eigenvalue weighted by Gasteiger charge is 2.28. The topological polar surface area (TPSA) is 0 Å². The molecular weight excluding hydrogens is 420 g/mol. The lowest BCUT2D eigenvalue weighted by molar-refractivity contribution is 0.172. The molecule has 1 heteroatoms. The molecule has 0 radical (unpaired) electrons. The Kier molecular flexibility index (Phi) is 27.1. The highest BCUT2D eigenvalue weighted by molar-refractivity contribution is 6.17. The molecule has 0 aromatic carbocycles. The first kappa shape index (κ1) is 33.3. The maximum Gasteiger partial charge on any atom is 0.0223 e. The van der Waals surface area contributed by atoms with Crippen molar-refractivity contribution in [1.29, 1.82) is 0 Å². The average Bonchev–Trinajstić information content (AvgIpc) is 2.83. The molecule has 0 saturated carbocycles. The van der Waals surface area contributed by atoms with Gasteiger partial charge in [-0.2, -0.15) is 0 Å². The lowest BCUT2D eigenvalue weighted by Gasteiger charge is -2.35. The second kappa shape index (κ2) is 26.9. The number of rotatable bonds is 28. The van der Waals surface area contributed by atoms with Crippen LogP contribution in [0.3, 0.4) is 0 Å². The number of halogens is 1. The Hall–Kier alpha value is 0.290. The predicted octanol–water partition coefficient (Wildman–Crippen LogP) is 12.8. The largest absolute Gasteiger partial charge is 0.127 e. The van der Waals surface area contributed by atoms with Crippen molar-refractivity contribution in [3.63, 3.8) is 0 Å². The van der Waals surface area contributed by atoms with Gasteiger partial charge in [-0.1, -0.05) is 162 Å². The fourth-order valence-corrected chi connectivity index (χ4v) is 5.90. The molecule has 0 aromatic heterocycles. The van der Waals surface area contributed by atoms with E-state index in [4.69, 9.17) is 11.6 Å². The summed E-state index contributed by atoms with van der Waals surface area (Å²) in [6.45, 7) is 7.05. The third-order valence-corrected chi connectivity index (χ3v) is 8.29. The van der Waals surface area contributed by atoms with Gasteiger partial charge in [0.2, 0.25) is 0 Å². The summed E-state index contributed by atoms with van der Waals surface area (Å²) in [6.07, 6.45) is 39.0. The van der Waals surface area contributed by atoms with Gasteiger partial charge in [0.15, 0.2) is 0 Å². The average molecular weight is 485 g/mol. The van der Waals surface area contributed by atoms with Crippen LogP contribution in [-0.4, -0.2) is 5.88 Å². The van der Waals surface area contributed by atoms with Crippen molar-refractivity contribution in [2.45, 2.75) is 194 Å². The van der Waals surface area contributed by atoms with E-state index in [0.717, 1.165) is 5.88 Å². The van der Waals surface area contributed by atoms with E-state index >= 15 is 0 Å². The number of hydrogen-bond donors (Lipinski definition) is 0. The smallest absolute Gasteiger partial charge is 0.0223 e. The Balaban J connectivity index is 4.34. The van der Waals surface area contributed by atoms with E-state index in [0.29, 0.717) is 5.41 Å². The van der Waals surface area contributed by atoms with Gasteiger partial charge in [0.25, 0.3) is 0 Å². The maximum absolute atomic E-state index is 5.77. The summed E-state index contributed by atoms with van der Waals surface area (Å²) in [6, 6.07) is 0. The minimum Gasteiger partial charge on any atom is -0.127 e. The van der Waals surface area contributed by atoms with Gasteiger partial charge in [-0.3, -0.25) is 0 Å². The van der Waals surface area contributed by atoms with E-state index in [2.05, 4.69) is 20.8 Å². The summed E-state index contributed by atoms with van der Waals surface area (Å²) in [4.78, 5) is 0. The van der Waals surface area contributed by atoms with E-state index in [1.807, 2.05) is 0 Å². The molecule has 0 bridgehead atoms. The normalized spacial score (nSPS) is 12.0. The molecule has 33 heavy (non-hydrogen) atoms. The molecule has 0 aliphatic rings. The first-order valence-corrected chi connectivity index (χ1v) is 16.3. The van der Waals surface area contributed by atoms with E-state index in [1.165, 1.54) is 173 Å². The van der Waals surface area contributed by atoms with Crippen molar-refractivity contribution >= 4 is 11.6 Å². The van der Waals surface area contributed by atoms with Crippen LogP contribution in [0.5, 0.6) is 0 Å². The minimum absolute atomic E-state index is 0.679. The van der Waals surface area contributed by atoms with Crippen LogP contribution in [0.2, 0.25) is 0 Å². The number of hydrogen-bond acceptors (Lipinski definition) is 0. The fraction of sp³-hybridized carbons (Fsp3) is 1.00. The molecule has 0 unspecified atom stereocenters. The van der Waals surface area contributed by atoms with Gasteiger partial charge in [0.1, 0.15) is 0 Å². The van der Waals surface area contributed by atoms with Crippen molar-refractivity contribution in [2.75, 3.05) is 5.88 Å². The molecule has 0 heterocycles.